The van der Waals surface area contributed by atoms with E-state index in [-0.39, 0.29) is 0 Å². The zero-order valence-electron chi connectivity index (χ0n) is 9.11. The lowest BCUT2D eigenvalue weighted by molar-refractivity contribution is 0.378. The molecule has 0 unspecified atom stereocenters. The number of methoxy groups -OCH3 is 1. The van der Waals surface area contributed by atoms with Gasteiger partial charge < -0.3 is 9.47 Å². The number of hydrogen-bond donors (Lipinski definition) is 0. The molecule has 0 aliphatic rings. The molecule has 0 saturated carbocycles. The van der Waals surface area contributed by atoms with Crippen LogP contribution >= 0.6 is 31.9 Å². The van der Waals surface area contributed by atoms with Crippen LogP contribution in [-0.2, 0) is 0 Å². The smallest absolute Gasteiger partial charge is 0.169 e. The van der Waals surface area contributed by atoms with Crippen molar-refractivity contribution in [1.82, 2.24) is 0 Å². The monoisotopic (exact) mass is 356 g/mol. The van der Waals surface area contributed by atoms with Gasteiger partial charge in [0.05, 0.1) is 11.6 Å². The van der Waals surface area contributed by atoms with Crippen LogP contribution in [0.4, 0.5) is 0 Å². The van der Waals surface area contributed by atoms with Crippen LogP contribution in [0.15, 0.2) is 51.4 Å². The van der Waals surface area contributed by atoms with Crippen molar-refractivity contribution in [3.63, 3.8) is 0 Å². The van der Waals surface area contributed by atoms with Gasteiger partial charge in [-0.05, 0) is 46.3 Å². The van der Waals surface area contributed by atoms with E-state index in [1.165, 1.54) is 0 Å². The highest BCUT2D eigenvalue weighted by Crippen LogP contribution is 2.35. The van der Waals surface area contributed by atoms with Crippen LogP contribution in [0.1, 0.15) is 0 Å². The van der Waals surface area contributed by atoms with Crippen molar-refractivity contribution in [2.45, 2.75) is 0 Å². The van der Waals surface area contributed by atoms with Gasteiger partial charge >= 0.3 is 0 Å². The van der Waals surface area contributed by atoms with E-state index in [1.54, 1.807) is 7.11 Å². The Morgan fingerprint density at radius 2 is 1.59 bits per heavy atom. The van der Waals surface area contributed by atoms with E-state index in [0.717, 1.165) is 14.7 Å². The third kappa shape index (κ3) is 3.01. The predicted molar refractivity (Wildman–Crippen MR) is 74.9 cm³/mol. The van der Waals surface area contributed by atoms with Crippen LogP contribution < -0.4 is 9.47 Å². The van der Waals surface area contributed by atoms with Crippen LogP contribution in [0.3, 0.4) is 0 Å². The van der Waals surface area contributed by atoms with Gasteiger partial charge in [0.1, 0.15) is 5.75 Å². The van der Waals surface area contributed by atoms with Gasteiger partial charge in [0.15, 0.2) is 11.5 Å². The minimum Gasteiger partial charge on any atom is -0.493 e. The number of rotatable bonds is 3. The largest absolute Gasteiger partial charge is 0.493 e. The fourth-order valence-corrected chi connectivity index (χ4v) is 2.51. The molecule has 4 heteroatoms. The topological polar surface area (TPSA) is 18.5 Å². The van der Waals surface area contributed by atoms with Crippen molar-refractivity contribution in [3.8, 4) is 17.2 Å². The van der Waals surface area contributed by atoms with Gasteiger partial charge in [-0.15, -0.1) is 0 Å². The predicted octanol–water partition coefficient (Wildman–Crippen LogP) is 5.01. The van der Waals surface area contributed by atoms with Crippen LogP contribution in [0.2, 0.25) is 0 Å². The zero-order valence-corrected chi connectivity index (χ0v) is 12.3. The molecular weight excluding hydrogens is 348 g/mol. The maximum atomic E-state index is 5.79. The van der Waals surface area contributed by atoms with Gasteiger partial charge in [0, 0.05) is 4.47 Å². The van der Waals surface area contributed by atoms with E-state index >= 15 is 0 Å². The number of halogens is 2. The second-order valence-electron chi connectivity index (χ2n) is 3.33. The third-order valence-electron chi connectivity index (χ3n) is 2.18. The third-order valence-corrected chi connectivity index (χ3v) is 3.30. The molecule has 0 aromatic heterocycles. The van der Waals surface area contributed by atoms with Gasteiger partial charge in [-0.1, -0.05) is 28.1 Å². The van der Waals surface area contributed by atoms with Crippen LogP contribution in [0.25, 0.3) is 0 Å². The summed E-state index contributed by atoms with van der Waals surface area (Å²) < 4.78 is 12.9. The molecule has 0 spiro atoms. The SMILES string of the molecule is COc1ccccc1Oc1ccc(Br)cc1Br. The van der Waals surface area contributed by atoms with Crippen molar-refractivity contribution in [1.29, 1.82) is 0 Å². The fraction of sp³-hybridized carbons (Fsp3) is 0.0769. The van der Waals surface area contributed by atoms with Gasteiger partial charge in [-0.2, -0.15) is 0 Å². The lowest BCUT2D eigenvalue weighted by Gasteiger charge is -2.11. The second kappa shape index (κ2) is 5.56. The zero-order chi connectivity index (χ0) is 12.3. The van der Waals surface area contributed by atoms with E-state index in [4.69, 9.17) is 9.47 Å². The van der Waals surface area contributed by atoms with Crippen molar-refractivity contribution in [2.24, 2.45) is 0 Å². The van der Waals surface area contributed by atoms with Crippen molar-refractivity contribution in [3.05, 3.63) is 51.4 Å². The molecule has 2 aromatic carbocycles. The summed E-state index contributed by atoms with van der Waals surface area (Å²) in [5.41, 5.74) is 0. The maximum Gasteiger partial charge on any atom is 0.169 e. The van der Waals surface area contributed by atoms with Gasteiger partial charge in [0.2, 0.25) is 0 Å². The lowest BCUT2D eigenvalue weighted by atomic mass is 10.3. The molecule has 2 rings (SSSR count). The molecular formula is C13H10Br2O2. The number of para-hydroxylation sites is 2. The summed E-state index contributed by atoms with van der Waals surface area (Å²) in [6, 6.07) is 13.3. The van der Waals surface area contributed by atoms with E-state index in [0.29, 0.717) is 11.5 Å². The average molecular weight is 358 g/mol. The van der Waals surface area contributed by atoms with Crippen LogP contribution in [0, 0.1) is 0 Å². The van der Waals surface area contributed by atoms with E-state index in [9.17, 15) is 0 Å². The van der Waals surface area contributed by atoms with E-state index < -0.39 is 0 Å². The molecule has 0 N–H and O–H groups in total. The van der Waals surface area contributed by atoms with Gasteiger partial charge in [0.25, 0.3) is 0 Å². The maximum absolute atomic E-state index is 5.79. The summed E-state index contributed by atoms with van der Waals surface area (Å²) >= 11 is 6.85. The normalized spacial score (nSPS) is 10.1. The first-order valence-corrected chi connectivity index (χ1v) is 6.55. The molecule has 0 fully saturated rings. The van der Waals surface area contributed by atoms with E-state index in [2.05, 4.69) is 31.9 Å². The Morgan fingerprint density at radius 1 is 0.882 bits per heavy atom. The lowest BCUT2D eigenvalue weighted by Crippen LogP contribution is -1.90. The van der Waals surface area contributed by atoms with Gasteiger partial charge in [-0.25, -0.2) is 0 Å². The quantitative estimate of drug-likeness (QED) is 0.768. The number of benzene rings is 2. The first-order valence-electron chi connectivity index (χ1n) is 4.96. The highest BCUT2D eigenvalue weighted by molar-refractivity contribution is 9.11. The molecule has 0 heterocycles. The summed E-state index contributed by atoms with van der Waals surface area (Å²) in [6.45, 7) is 0. The molecule has 0 bridgehead atoms. The fourth-order valence-electron chi connectivity index (χ4n) is 1.38. The van der Waals surface area contributed by atoms with Crippen LogP contribution in [0.5, 0.6) is 17.2 Å². The first-order chi connectivity index (χ1) is 8.20. The summed E-state index contributed by atoms with van der Waals surface area (Å²) in [6.07, 6.45) is 0. The van der Waals surface area contributed by atoms with Crippen molar-refractivity contribution < 1.29 is 9.47 Å². The first kappa shape index (κ1) is 12.5. The summed E-state index contributed by atoms with van der Waals surface area (Å²) in [4.78, 5) is 0. The Hall–Kier alpha value is -1.000. The summed E-state index contributed by atoms with van der Waals surface area (Å²) in [7, 11) is 1.62. The second-order valence-corrected chi connectivity index (χ2v) is 5.10. The van der Waals surface area contributed by atoms with Crippen LogP contribution in [-0.4, -0.2) is 7.11 Å². The van der Waals surface area contributed by atoms with Crippen molar-refractivity contribution >= 4 is 31.9 Å². The Kier molecular flexibility index (Phi) is 4.07. The molecule has 0 amide bonds. The number of ether oxygens (including phenoxy) is 2. The number of hydrogen-bond acceptors (Lipinski definition) is 2. The molecule has 2 aromatic rings. The molecule has 0 aliphatic carbocycles. The Labute approximate surface area is 117 Å². The molecule has 88 valence electrons. The molecule has 0 atom stereocenters. The highest BCUT2D eigenvalue weighted by Gasteiger charge is 2.07. The minimum atomic E-state index is 0.693. The highest BCUT2D eigenvalue weighted by atomic mass is 79.9. The summed E-state index contributed by atoms with van der Waals surface area (Å²) in [5, 5.41) is 0. The molecule has 0 saturated heterocycles. The Bertz CT molecular complexity index is 527. The Morgan fingerprint density at radius 3 is 2.24 bits per heavy atom. The average Bonchev–Trinajstić information content (AvgIpc) is 2.33. The minimum absolute atomic E-state index is 0.693. The molecule has 0 aliphatic heterocycles. The molecule has 2 nitrogen and oxygen atoms in total. The van der Waals surface area contributed by atoms with Crippen molar-refractivity contribution in [2.75, 3.05) is 7.11 Å². The van der Waals surface area contributed by atoms with Gasteiger partial charge in [-0.3, -0.25) is 0 Å². The standard InChI is InChI=1S/C13H10Br2O2/c1-16-12-4-2-3-5-13(12)17-11-7-6-9(14)8-10(11)15/h2-8H,1H3. The summed E-state index contributed by atoms with van der Waals surface area (Å²) in [5.74, 6) is 2.15. The molecule has 0 radical (unpaired) electrons. The Balaban J connectivity index is 2.31. The molecule has 17 heavy (non-hydrogen) atoms. The van der Waals surface area contributed by atoms with E-state index in [1.807, 2.05) is 42.5 Å².